The van der Waals surface area contributed by atoms with Crippen molar-refractivity contribution < 1.29 is 32.3 Å². The van der Waals surface area contributed by atoms with E-state index in [0.29, 0.717) is 6.42 Å². The molecule has 3 aliphatic heterocycles. The molecule has 0 aromatic rings. The van der Waals surface area contributed by atoms with Gasteiger partial charge in [-0.15, -0.1) is 0 Å². The fourth-order valence-corrected chi connectivity index (χ4v) is 6.22. The minimum Gasteiger partial charge on any atom is -0.393 e. The standard InChI is InChI=1S/C11H16O7Si/c1-14-19(15-2,16-3)6-4-5-7-8(9(6)17-5)11(13)18-10(7)12/h5-9H,4H2,1-3H3/t5-,6-,7-,8-,9-/m0/s1. The molecule has 8 heteroatoms. The summed E-state index contributed by atoms with van der Waals surface area (Å²) in [5.74, 6) is -1.98. The third-order valence-corrected chi connectivity index (χ3v) is 7.59. The van der Waals surface area contributed by atoms with Crippen molar-refractivity contribution in [3.63, 3.8) is 0 Å². The van der Waals surface area contributed by atoms with E-state index in [1.165, 1.54) is 21.3 Å². The number of hydrogen-bond acceptors (Lipinski definition) is 7. The molecule has 0 amide bonds. The highest BCUT2D eigenvalue weighted by Gasteiger charge is 2.70. The summed E-state index contributed by atoms with van der Waals surface area (Å²) in [5.41, 5.74) is -0.141. The Morgan fingerprint density at radius 1 is 1.05 bits per heavy atom. The summed E-state index contributed by atoms with van der Waals surface area (Å²) in [6.45, 7) is 0. The molecule has 3 aliphatic rings. The Hall–Kier alpha value is -0.803. The van der Waals surface area contributed by atoms with Gasteiger partial charge in [0, 0.05) is 21.3 Å². The van der Waals surface area contributed by atoms with Gasteiger partial charge in [-0.2, -0.15) is 0 Å². The van der Waals surface area contributed by atoms with Gasteiger partial charge in [0.25, 0.3) is 0 Å². The molecule has 0 N–H and O–H groups in total. The Morgan fingerprint density at radius 2 is 1.63 bits per heavy atom. The van der Waals surface area contributed by atoms with Crippen molar-refractivity contribution in [2.24, 2.45) is 11.8 Å². The molecule has 3 heterocycles. The van der Waals surface area contributed by atoms with E-state index in [9.17, 15) is 9.59 Å². The van der Waals surface area contributed by atoms with Crippen LogP contribution in [0.5, 0.6) is 0 Å². The van der Waals surface area contributed by atoms with Crippen LogP contribution in [0.3, 0.4) is 0 Å². The molecule has 0 spiro atoms. The van der Waals surface area contributed by atoms with Gasteiger partial charge in [0.05, 0.1) is 29.6 Å². The van der Waals surface area contributed by atoms with Crippen molar-refractivity contribution in [3.05, 3.63) is 0 Å². The summed E-state index contributed by atoms with van der Waals surface area (Å²) in [4.78, 5) is 23.4. The highest BCUT2D eigenvalue weighted by Crippen LogP contribution is 2.55. The van der Waals surface area contributed by atoms with Gasteiger partial charge in [-0.25, -0.2) is 0 Å². The Labute approximate surface area is 111 Å². The summed E-state index contributed by atoms with van der Waals surface area (Å²) in [6, 6.07) is 0. The summed E-state index contributed by atoms with van der Waals surface area (Å²) < 4.78 is 26.9. The van der Waals surface area contributed by atoms with Gasteiger partial charge in [0.15, 0.2) is 0 Å². The van der Waals surface area contributed by atoms with Crippen LogP contribution in [0.15, 0.2) is 0 Å². The summed E-state index contributed by atoms with van der Waals surface area (Å²) in [5, 5.41) is 0. The van der Waals surface area contributed by atoms with Crippen molar-refractivity contribution in [1.82, 2.24) is 0 Å². The zero-order valence-corrected chi connectivity index (χ0v) is 12.0. The Balaban J connectivity index is 1.90. The van der Waals surface area contributed by atoms with Crippen LogP contribution >= 0.6 is 0 Å². The highest BCUT2D eigenvalue weighted by atomic mass is 28.4. The molecule has 0 aliphatic carbocycles. The molecule has 0 aromatic carbocycles. The Kier molecular flexibility index (Phi) is 3.02. The van der Waals surface area contributed by atoms with Crippen LogP contribution in [0.2, 0.25) is 5.54 Å². The predicted molar refractivity (Wildman–Crippen MR) is 61.9 cm³/mol. The monoisotopic (exact) mass is 288 g/mol. The number of hydrogen-bond donors (Lipinski definition) is 0. The maximum absolute atomic E-state index is 11.8. The average Bonchev–Trinajstić information content (AvgIpc) is 3.06. The molecule has 0 radical (unpaired) electrons. The molecule has 0 unspecified atom stereocenters. The van der Waals surface area contributed by atoms with Gasteiger partial charge in [0.2, 0.25) is 0 Å². The van der Waals surface area contributed by atoms with Crippen LogP contribution in [0.1, 0.15) is 6.42 Å². The van der Waals surface area contributed by atoms with E-state index < -0.39 is 38.7 Å². The van der Waals surface area contributed by atoms with Gasteiger partial charge in [-0.05, 0) is 6.42 Å². The second kappa shape index (κ2) is 4.35. The molecule has 5 atom stereocenters. The molecule has 7 nitrogen and oxygen atoms in total. The van der Waals surface area contributed by atoms with Gasteiger partial charge in [-0.1, -0.05) is 0 Å². The van der Waals surface area contributed by atoms with Gasteiger partial charge in [-0.3, -0.25) is 9.59 Å². The minimum atomic E-state index is -2.89. The van der Waals surface area contributed by atoms with E-state index in [1.54, 1.807) is 0 Å². The average molecular weight is 288 g/mol. The van der Waals surface area contributed by atoms with Crippen LogP contribution in [0.4, 0.5) is 0 Å². The Morgan fingerprint density at radius 3 is 2.21 bits per heavy atom. The van der Waals surface area contributed by atoms with Crippen LogP contribution in [0, 0.1) is 11.8 Å². The van der Waals surface area contributed by atoms with Crippen LogP contribution in [0.25, 0.3) is 0 Å². The van der Waals surface area contributed by atoms with E-state index in [4.69, 9.17) is 22.8 Å². The molecule has 3 saturated heterocycles. The predicted octanol–water partition coefficient (Wildman–Crippen LogP) is -0.278. The lowest BCUT2D eigenvalue weighted by Crippen LogP contribution is -2.53. The quantitative estimate of drug-likeness (QED) is 0.400. The molecule has 2 bridgehead atoms. The molecule has 0 aromatic heterocycles. The lowest BCUT2D eigenvalue weighted by molar-refractivity contribution is -0.156. The summed E-state index contributed by atoms with van der Waals surface area (Å²) in [6.07, 6.45) is -0.123. The van der Waals surface area contributed by atoms with E-state index >= 15 is 0 Å². The lowest BCUT2D eigenvalue weighted by atomic mass is 9.81. The number of fused-ring (bicyclic) bond motifs is 5. The second-order valence-corrected chi connectivity index (χ2v) is 8.16. The maximum Gasteiger partial charge on any atom is 0.506 e. The number of ether oxygens (including phenoxy) is 2. The normalized spacial score (nSPS) is 40.7. The first-order valence-electron chi connectivity index (χ1n) is 6.14. The summed E-state index contributed by atoms with van der Waals surface area (Å²) >= 11 is 0. The fourth-order valence-electron chi connectivity index (χ4n) is 3.60. The van der Waals surface area contributed by atoms with E-state index in [-0.39, 0.29) is 11.6 Å². The number of carbonyl (C=O) groups excluding carboxylic acids is 2. The van der Waals surface area contributed by atoms with Crippen LogP contribution in [-0.4, -0.2) is 54.3 Å². The van der Waals surface area contributed by atoms with Crippen molar-refractivity contribution in [3.8, 4) is 0 Å². The van der Waals surface area contributed by atoms with Crippen molar-refractivity contribution in [2.45, 2.75) is 24.2 Å². The fraction of sp³-hybridized carbons (Fsp3) is 0.818. The first-order valence-corrected chi connectivity index (χ1v) is 7.94. The van der Waals surface area contributed by atoms with Gasteiger partial charge < -0.3 is 22.8 Å². The van der Waals surface area contributed by atoms with E-state index in [2.05, 4.69) is 0 Å². The van der Waals surface area contributed by atoms with E-state index in [0.717, 1.165) is 0 Å². The third-order valence-electron chi connectivity index (χ3n) is 4.41. The molecular formula is C11H16O7Si. The molecular weight excluding hydrogens is 272 g/mol. The topological polar surface area (TPSA) is 80.3 Å². The maximum atomic E-state index is 11.8. The lowest BCUT2D eigenvalue weighted by Gasteiger charge is -2.35. The number of esters is 2. The van der Waals surface area contributed by atoms with Crippen LogP contribution in [-0.2, 0) is 32.3 Å². The Bertz CT molecular complexity index is 413. The minimum absolute atomic E-state index is 0.141. The smallest absolute Gasteiger partial charge is 0.393 e. The number of rotatable bonds is 4. The zero-order valence-electron chi connectivity index (χ0n) is 11.0. The molecule has 0 saturated carbocycles. The van der Waals surface area contributed by atoms with Crippen molar-refractivity contribution in [2.75, 3.05) is 21.3 Å². The zero-order chi connectivity index (χ0) is 13.8. The second-order valence-electron chi connectivity index (χ2n) is 4.99. The van der Waals surface area contributed by atoms with Crippen molar-refractivity contribution >= 4 is 20.7 Å². The number of carbonyl (C=O) groups is 2. The first-order chi connectivity index (χ1) is 9.07. The van der Waals surface area contributed by atoms with Gasteiger partial charge in [0.1, 0.15) is 0 Å². The molecule has 19 heavy (non-hydrogen) atoms. The molecule has 3 fully saturated rings. The van der Waals surface area contributed by atoms with Crippen LogP contribution < -0.4 is 0 Å². The highest BCUT2D eigenvalue weighted by molar-refractivity contribution is 6.62. The summed E-state index contributed by atoms with van der Waals surface area (Å²) in [7, 11) is 1.69. The van der Waals surface area contributed by atoms with Gasteiger partial charge >= 0.3 is 20.7 Å². The van der Waals surface area contributed by atoms with E-state index in [1.807, 2.05) is 0 Å². The first kappa shape index (κ1) is 13.2. The number of cyclic esters (lactones) is 2. The third kappa shape index (κ3) is 1.58. The van der Waals surface area contributed by atoms with Crippen molar-refractivity contribution in [1.29, 1.82) is 0 Å². The largest absolute Gasteiger partial charge is 0.506 e. The molecule has 106 valence electrons. The molecule has 3 rings (SSSR count). The SMILES string of the molecule is CO[Si](OC)(OC)[C@H]1C[C@@H]2O[C@@H]1[C@H]1C(=O)OC(=O)[C@H]12.